The summed E-state index contributed by atoms with van der Waals surface area (Å²) in [6.45, 7) is 4.52. The largest absolute Gasteiger partial charge is 0.274 e. The highest BCUT2D eigenvalue weighted by molar-refractivity contribution is 5.40. The Morgan fingerprint density at radius 2 is 1.50 bits per heavy atom. The number of hydrogen-bond donors (Lipinski definition) is 0. The second kappa shape index (κ2) is 5.28. The zero-order valence-electron chi connectivity index (χ0n) is 12.6. The van der Waals surface area contributed by atoms with E-state index in [0.717, 1.165) is 25.7 Å². The molecule has 3 heterocycles. The molecule has 0 atom stereocenters. The van der Waals surface area contributed by atoms with E-state index < -0.39 is 0 Å². The van der Waals surface area contributed by atoms with Gasteiger partial charge in [0.15, 0.2) is 0 Å². The lowest BCUT2D eigenvalue weighted by Gasteiger charge is -2.14. The smallest absolute Gasteiger partial charge is 0.234 e. The molecule has 2 aromatic rings. The summed E-state index contributed by atoms with van der Waals surface area (Å²) < 4.78 is 1.92. The van der Waals surface area contributed by atoms with Crippen molar-refractivity contribution in [2.45, 2.75) is 39.5 Å². The van der Waals surface area contributed by atoms with Crippen molar-refractivity contribution < 1.29 is 9.57 Å². The molecule has 0 amide bonds. The van der Waals surface area contributed by atoms with Crippen molar-refractivity contribution in [3.05, 3.63) is 64.0 Å². The van der Waals surface area contributed by atoms with E-state index in [0.29, 0.717) is 0 Å². The van der Waals surface area contributed by atoms with Crippen molar-refractivity contribution in [2.24, 2.45) is 0 Å². The van der Waals surface area contributed by atoms with E-state index in [1.54, 1.807) is 7.11 Å². The molecule has 0 unspecified atom stereocenters. The molecular formula is C18H22NO+. The molecule has 20 heavy (non-hydrogen) atoms. The molecule has 1 aromatic carbocycles. The third kappa shape index (κ3) is 2.31. The molecule has 2 aliphatic heterocycles. The number of aromatic nitrogens is 1. The minimum atomic E-state index is 1.01. The standard InChI is InChI=1S/C18H22NO/c1-13-14(2)17-8-7-16(13)6-4-15-5-10-18(11-9-17)19(12-15)20-3/h5,7-8,10,12H,4,6,9,11H2,1-3H3/q+1. The van der Waals surface area contributed by atoms with Gasteiger partial charge in [-0.1, -0.05) is 12.1 Å². The lowest BCUT2D eigenvalue weighted by molar-refractivity contribution is -0.890. The maximum absolute atomic E-state index is 5.48. The van der Waals surface area contributed by atoms with Gasteiger partial charge in [-0.2, -0.15) is 0 Å². The normalized spacial score (nSPS) is 13.9. The van der Waals surface area contributed by atoms with E-state index in [1.165, 1.54) is 33.5 Å². The fourth-order valence-corrected chi connectivity index (χ4v) is 3.08. The first-order valence-electron chi connectivity index (χ1n) is 7.35. The van der Waals surface area contributed by atoms with Crippen LogP contribution in [0.2, 0.25) is 0 Å². The number of hydrogen-bond acceptors (Lipinski definition) is 1. The highest BCUT2D eigenvalue weighted by atomic mass is 16.6. The molecule has 0 spiro atoms. The van der Waals surface area contributed by atoms with Crippen LogP contribution in [0.4, 0.5) is 0 Å². The highest BCUT2D eigenvalue weighted by Crippen LogP contribution is 2.21. The van der Waals surface area contributed by atoms with Crippen molar-refractivity contribution in [1.29, 1.82) is 0 Å². The summed E-state index contributed by atoms with van der Waals surface area (Å²) in [5.41, 5.74) is 8.42. The molecule has 0 saturated heterocycles. The van der Waals surface area contributed by atoms with Crippen LogP contribution in [0.25, 0.3) is 0 Å². The highest BCUT2D eigenvalue weighted by Gasteiger charge is 2.16. The molecule has 0 saturated carbocycles. The average Bonchev–Trinajstić information content (AvgIpc) is 2.46. The number of benzene rings is 1. The molecule has 0 radical (unpaired) electrons. The van der Waals surface area contributed by atoms with Gasteiger partial charge in [-0.25, -0.2) is 0 Å². The minimum Gasteiger partial charge on any atom is -0.274 e. The first kappa shape index (κ1) is 13.2. The Morgan fingerprint density at radius 1 is 0.850 bits per heavy atom. The molecule has 6 rings (SSSR count). The van der Waals surface area contributed by atoms with Crippen LogP contribution in [-0.2, 0) is 25.7 Å². The van der Waals surface area contributed by atoms with Gasteiger partial charge >= 0.3 is 0 Å². The van der Waals surface area contributed by atoms with Crippen molar-refractivity contribution in [3.8, 4) is 0 Å². The zero-order valence-corrected chi connectivity index (χ0v) is 12.6. The van der Waals surface area contributed by atoms with Crippen LogP contribution in [0, 0.1) is 13.8 Å². The van der Waals surface area contributed by atoms with E-state index >= 15 is 0 Å². The van der Waals surface area contributed by atoms with Crippen LogP contribution in [0.15, 0.2) is 30.5 Å². The summed E-state index contributed by atoms with van der Waals surface area (Å²) >= 11 is 0. The number of rotatable bonds is 1. The summed E-state index contributed by atoms with van der Waals surface area (Å²) in [5.74, 6) is 0. The van der Waals surface area contributed by atoms with Gasteiger partial charge in [-0.15, -0.1) is 0 Å². The first-order chi connectivity index (χ1) is 9.69. The Bertz CT molecular complexity index is 646. The van der Waals surface area contributed by atoms with E-state index in [1.807, 2.05) is 4.73 Å². The van der Waals surface area contributed by atoms with Crippen molar-refractivity contribution in [1.82, 2.24) is 0 Å². The molecule has 4 aliphatic rings. The molecule has 1 aromatic heterocycles. The second-order valence-corrected chi connectivity index (χ2v) is 5.67. The van der Waals surface area contributed by atoms with Crippen LogP contribution >= 0.6 is 0 Å². The van der Waals surface area contributed by atoms with Gasteiger partial charge in [0.2, 0.25) is 11.9 Å². The molecule has 0 fully saturated rings. The quantitative estimate of drug-likeness (QED) is 0.724. The minimum absolute atomic E-state index is 1.01. The lowest BCUT2D eigenvalue weighted by atomic mass is 9.91. The Balaban J connectivity index is 2.07. The topological polar surface area (TPSA) is 13.1 Å². The summed E-state index contributed by atoms with van der Waals surface area (Å²) in [7, 11) is 1.74. The van der Waals surface area contributed by atoms with E-state index in [-0.39, 0.29) is 0 Å². The molecule has 2 aliphatic carbocycles. The molecule has 104 valence electrons. The maximum atomic E-state index is 5.48. The second-order valence-electron chi connectivity index (χ2n) is 5.67. The molecular weight excluding hydrogens is 246 g/mol. The third-order valence-electron chi connectivity index (χ3n) is 4.60. The Morgan fingerprint density at radius 3 is 2.15 bits per heavy atom. The number of pyridine rings is 1. The van der Waals surface area contributed by atoms with Crippen LogP contribution in [0.3, 0.4) is 0 Å². The van der Waals surface area contributed by atoms with Crippen LogP contribution < -0.4 is 9.57 Å². The predicted octanol–water partition coefficient (Wildman–Crippen LogP) is 2.53. The monoisotopic (exact) mass is 268 g/mol. The summed E-state index contributed by atoms with van der Waals surface area (Å²) in [6.07, 6.45) is 6.36. The summed E-state index contributed by atoms with van der Waals surface area (Å²) in [6, 6.07) is 9.06. The summed E-state index contributed by atoms with van der Waals surface area (Å²) in [4.78, 5) is 5.48. The zero-order chi connectivity index (χ0) is 14.1. The molecule has 2 nitrogen and oxygen atoms in total. The number of aryl methyl sites for hydroxylation is 4. The fraction of sp³-hybridized carbons (Fsp3) is 0.389. The van der Waals surface area contributed by atoms with Gasteiger partial charge in [0.05, 0.1) is 0 Å². The fourth-order valence-electron chi connectivity index (χ4n) is 3.08. The Labute approximate surface area is 121 Å². The van der Waals surface area contributed by atoms with Crippen molar-refractivity contribution >= 4 is 0 Å². The molecule has 0 N–H and O–H groups in total. The van der Waals surface area contributed by atoms with Gasteiger partial charge in [0, 0.05) is 22.8 Å². The van der Waals surface area contributed by atoms with Gasteiger partial charge in [-0.05, 0) is 61.4 Å². The van der Waals surface area contributed by atoms with Crippen molar-refractivity contribution in [2.75, 3.05) is 7.11 Å². The predicted molar refractivity (Wildman–Crippen MR) is 79.9 cm³/mol. The van der Waals surface area contributed by atoms with Gasteiger partial charge < -0.3 is 0 Å². The lowest BCUT2D eigenvalue weighted by Crippen LogP contribution is -2.45. The van der Waals surface area contributed by atoms with Gasteiger partial charge in [0.25, 0.3) is 0 Å². The van der Waals surface area contributed by atoms with Gasteiger partial charge in [-0.3, -0.25) is 4.84 Å². The summed E-state index contributed by atoms with van der Waals surface area (Å²) in [5, 5.41) is 0. The number of nitrogens with zero attached hydrogens (tertiary/aromatic N) is 1. The average molecular weight is 268 g/mol. The van der Waals surface area contributed by atoms with Crippen LogP contribution in [0.1, 0.15) is 33.5 Å². The third-order valence-corrected chi connectivity index (χ3v) is 4.60. The van der Waals surface area contributed by atoms with E-state index in [4.69, 9.17) is 4.84 Å². The van der Waals surface area contributed by atoms with Crippen molar-refractivity contribution in [3.63, 3.8) is 0 Å². The van der Waals surface area contributed by atoms with E-state index in [2.05, 4.69) is 44.3 Å². The molecule has 2 heteroatoms. The van der Waals surface area contributed by atoms with Crippen LogP contribution in [-0.4, -0.2) is 7.11 Å². The van der Waals surface area contributed by atoms with E-state index in [9.17, 15) is 0 Å². The Kier molecular flexibility index (Phi) is 3.47. The SMILES string of the molecule is CO[n+]1cc2ccc1CCc1ccc(c(C)c1C)CC2. The maximum Gasteiger partial charge on any atom is 0.234 e. The first-order valence-corrected chi connectivity index (χ1v) is 7.35. The Hall–Kier alpha value is -1.83. The molecule has 4 bridgehead atoms. The van der Waals surface area contributed by atoms with Gasteiger partial charge in [0.1, 0.15) is 7.11 Å². The van der Waals surface area contributed by atoms with Crippen LogP contribution in [0.5, 0.6) is 0 Å².